The van der Waals surface area contributed by atoms with Crippen LogP contribution in [0.1, 0.15) is 133 Å². The number of ether oxygens (including phenoxy) is 6. The van der Waals surface area contributed by atoms with Crippen molar-refractivity contribution in [3.8, 4) is 69.2 Å². The molecule has 4 heterocycles. The van der Waals surface area contributed by atoms with Crippen LogP contribution in [0.3, 0.4) is 0 Å². The van der Waals surface area contributed by atoms with Crippen molar-refractivity contribution in [3.05, 3.63) is 144 Å². The second-order valence-corrected chi connectivity index (χ2v) is 24.6. The van der Waals surface area contributed by atoms with E-state index in [-0.39, 0.29) is 12.7 Å². The van der Waals surface area contributed by atoms with Crippen molar-refractivity contribution in [2.75, 3.05) is 73.9 Å². The van der Waals surface area contributed by atoms with E-state index in [0.29, 0.717) is 99.1 Å². The number of alkyl halides is 2. The second kappa shape index (κ2) is 33.2. The molecule has 1 aliphatic heterocycles. The van der Waals surface area contributed by atoms with Crippen molar-refractivity contribution in [2.45, 2.75) is 116 Å². The first-order chi connectivity index (χ1) is 46.9. The Balaban J connectivity index is 0.000000149. The minimum atomic E-state index is -0.768. The molecule has 0 bridgehead atoms. The average Bonchev–Trinajstić information content (AvgIpc) is 1.61. The normalized spacial score (nSPS) is 14.3. The van der Waals surface area contributed by atoms with Gasteiger partial charge in [-0.3, -0.25) is 10.2 Å². The van der Waals surface area contributed by atoms with Gasteiger partial charge in [-0.15, -0.1) is 23.2 Å². The van der Waals surface area contributed by atoms with Gasteiger partial charge in [-0.25, -0.2) is 14.4 Å². The molecule has 9 aromatic rings. The number of hydrogen-bond acceptors (Lipinski definition) is 13. The van der Waals surface area contributed by atoms with Crippen LogP contribution in [0.2, 0.25) is 0 Å². The Morgan fingerprint density at radius 3 is 1.28 bits per heavy atom. The number of carbonyl (C=O) groups is 3. The smallest absolute Gasteiger partial charge is 0.414 e. The SMILES string of the molecule is CCOc1ccc2c(C#N)c(-c3ccc(N)cc3)n(C3CCC3)c2c1.CCOc1ccc2c(C#N)c(-c3ccc(N4CCCOC4=O)cc3)n(C3CCC3)c2c1.CCOc1ccc2c(C#N)c(-c3ccc(NC(=O)OCCCCl)cc3)n(C3CCC3)c2c1.O=C(Cl)OCCCCl. The number of nitrogen functional groups attached to an aromatic ring is 1. The van der Waals surface area contributed by atoms with E-state index in [2.05, 4.69) is 54.1 Å². The molecule has 0 radical (unpaired) electrons. The zero-order chi connectivity index (χ0) is 67.7. The Labute approximate surface area is 574 Å². The summed E-state index contributed by atoms with van der Waals surface area (Å²) in [6, 6.07) is 49.6. The van der Waals surface area contributed by atoms with Gasteiger partial charge < -0.3 is 47.9 Å². The Hall–Kier alpha value is -9.51. The molecule has 0 unspecified atom stereocenters. The van der Waals surface area contributed by atoms with E-state index >= 15 is 0 Å². The lowest BCUT2D eigenvalue weighted by Gasteiger charge is -2.30. The standard InChI is InChI=1S/C25H26ClN3O3.C25H25N3O3.C21H21N3O.C4H6Cl2O2/c1-2-31-20-11-12-21-22(16-27)24(29(23(21)15-20)19-5-3-6-19)17-7-9-18(10-8-17)28-25(30)32-14-4-13-26;1-2-30-20-11-12-21-22(16-26)24(28(23(21)15-20)19-5-3-6-19)17-7-9-18(10-8-17)27-13-4-14-31-25(27)29;1-2-25-17-10-11-18-19(13-22)21(14-6-8-15(23)9-7-14)24(20(18)12-17)16-4-3-5-16;5-2-1-3-8-4(6)7/h7-12,15,19H,2-6,13-14H2,1H3,(H,28,30);7-12,15,19H,2-6,13-14H2,1H3;6-12,16H,2-5,23H2,1H3;1-3H2. The maximum Gasteiger partial charge on any atom is 0.414 e. The highest BCUT2D eigenvalue weighted by atomic mass is 35.5. The van der Waals surface area contributed by atoms with Crippen LogP contribution in [-0.2, 0) is 14.2 Å². The molecule has 2 amide bonds. The summed E-state index contributed by atoms with van der Waals surface area (Å²) in [4.78, 5) is 35.5. The lowest BCUT2D eigenvalue weighted by Crippen LogP contribution is -2.37. The van der Waals surface area contributed by atoms with Crippen LogP contribution in [0.25, 0.3) is 66.5 Å². The third-order valence-electron chi connectivity index (χ3n) is 17.5. The molecule has 3 aromatic heterocycles. The second-order valence-electron chi connectivity index (χ2n) is 23.5. The third-order valence-corrected chi connectivity index (χ3v) is 18.2. The zero-order valence-corrected chi connectivity index (χ0v) is 56.5. The van der Waals surface area contributed by atoms with Crippen LogP contribution in [0.5, 0.6) is 17.2 Å². The van der Waals surface area contributed by atoms with Gasteiger partial charge in [0, 0.05) is 99.5 Å². The van der Waals surface area contributed by atoms with Gasteiger partial charge in [-0.2, -0.15) is 15.8 Å². The van der Waals surface area contributed by atoms with E-state index < -0.39 is 11.5 Å². The van der Waals surface area contributed by atoms with Gasteiger partial charge in [-0.05, 0) is 187 Å². The third kappa shape index (κ3) is 15.7. The molecular weight excluding hydrogens is 1280 g/mol. The Morgan fingerprint density at radius 1 is 0.552 bits per heavy atom. The molecular formula is C75H78Cl3N9O9. The Kier molecular flexibility index (Phi) is 24.0. The average molecular weight is 1360 g/mol. The van der Waals surface area contributed by atoms with E-state index in [4.69, 9.17) is 64.2 Å². The first-order valence-corrected chi connectivity index (χ1v) is 34.3. The number of nitriles is 3. The number of carbonyl (C=O) groups excluding carboxylic acids is 3. The summed E-state index contributed by atoms with van der Waals surface area (Å²) in [6.07, 6.45) is 11.6. The summed E-state index contributed by atoms with van der Waals surface area (Å²) in [6.45, 7) is 9.47. The molecule has 6 aromatic carbocycles. The minimum Gasteiger partial charge on any atom is -0.494 e. The van der Waals surface area contributed by atoms with E-state index in [0.717, 1.165) is 146 Å². The predicted octanol–water partition coefficient (Wildman–Crippen LogP) is 19.0. The first kappa shape index (κ1) is 69.3. The van der Waals surface area contributed by atoms with E-state index in [9.17, 15) is 30.2 Å². The molecule has 21 heteroatoms. The number of halogens is 3. The topological polar surface area (TPSA) is 234 Å². The highest BCUT2D eigenvalue weighted by Crippen LogP contribution is 2.47. The van der Waals surface area contributed by atoms with Gasteiger partial charge in [0.25, 0.3) is 0 Å². The Morgan fingerprint density at radius 2 is 0.938 bits per heavy atom. The molecule has 3 N–H and O–H groups in total. The molecule has 0 spiro atoms. The fourth-order valence-corrected chi connectivity index (χ4v) is 12.7. The molecule has 13 rings (SSSR count). The predicted molar refractivity (Wildman–Crippen MR) is 379 cm³/mol. The number of aromatic nitrogens is 3. The van der Waals surface area contributed by atoms with Crippen molar-refractivity contribution in [1.29, 1.82) is 15.8 Å². The van der Waals surface area contributed by atoms with Crippen LogP contribution in [0.15, 0.2) is 127 Å². The summed E-state index contributed by atoms with van der Waals surface area (Å²) < 4.78 is 38.7. The largest absolute Gasteiger partial charge is 0.494 e. The number of nitrogens with one attached hydrogen (secondary N) is 1. The summed E-state index contributed by atoms with van der Waals surface area (Å²) in [5.41, 5.74) is 18.3. The quantitative estimate of drug-likeness (QED) is 0.0238. The number of anilines is 3. The molecule has 4 aliphatic rings. The Bertz CT molecular complexity index is 4320. The lowest BCUT2D eigenvalue weighted by molar-refractivity contribution is 0.140. The number of hydrogen-bond donors (Lipinski definition) is 2. The maximum atomic E-state index is 12.1. The first-order valence-electron chi connectivity index (χ1n) is 32.9. The van der Waals surface area contributed by atoms with Crippen LogP contribution in [0, 0.1) is 34.0 Å². The van der Waals surface area contributed by atoms with Crippen molar-refractivity contribution in [3.63, 3.8) is 0 Å². The van der Waals surface area contributed by atoms with Crippen molar-refractivity contribution >= 4 is 102 Å². The van der Waals surface area contributed by atoms with Crippen LogP contribution < -0.4 is 30.2 Å². The lowest BCUT2D eigenvalue weighted by atomic mass is 9.92. The maximum absolute atomic E-state index is 12.1. The van der Waals surface area contributed by atoms with Crippen molar-refractivity contribution < 1.29 is 42.8 Å². The highest BCUT2D eigenvalue weighted by Gasteiger charge is 2.32. The van der Waals surface area contributed by atoms with Crippen molar-refractivity contribution in [1.82, 2.24) is 13.7 Å². The molecule has 498 valence electrons. The van der Waals surface area contributed by atoms with Gasteiger partial charge >= 0.3 is 17.6 Å². The van der Waals surface area contributed by atoms with Crippen LogP contribution >= 0.6 is 34.8 Å². The summed E-state index contributed by atoms with van der Waals surface area (Å²) in [5, 5.41) is 35.6. The van der Waals surface area contributed by atoms with E-state index in [1.54, 1.807) is 4.90 Å². The molecule has 4 fully saturated rings. The fourth-order valence-electron chi connectivity index (χ4n) is 12.4. The minimum absolute atomic E-state index is 0.282. The van der Waals surface area contributed by atoms with Crippen LogP contribution in [-0.4, -0.2) is 89.3 Å². The molecule has 3 saturated carbocycles. The number of cyclic esters (lactones) is 1. The van der Waals surface area contributed by atoms with E-state index in [1.165, 1.54) is 19.3 Å². The van der Waals surface area contributed by atoms with Crippen LogP contribution in [0.4, 0.5) is 31.4 Å². The van der Waals surface area contributed by atoms with Gasteiger partial charge in [0.2, 0.25) is 0 Å². The summed E-state index contributed by atoms with van der Waals surface area (Å²) in [7, 11) is 0. The summed E-state index contributed by atoms with van der Waals surface area (Å²) >= 11 is 15.7. The van der Waals surface area contributed by atoms with Gasteiger partial charge in [-0.1, -0.05) is 36.4 Å². The number of nitrogens with zero attached hydrogens (tertiary/aromatic N) is 7. The zero-order valence-electron chi connectivity index (χ0n) is 54.2. The number of benzene rings is 6. The molecule has 96 heavy (non-hydrogen) atoms. The number of rotatable bonds is 20. The molecule has 1 saturated heterocycles. The molecule has 0 atom stereocenters. The van der Waals surface area contributed by atoms with Gasteiger partial charge in [0.1, 0.15) is 35.5 Å². The number of amides is 2. The van der Waals surface area contributed by atoms with Crippen molar-refractivity contribution in [2.24, 2.45) is 0 Å². The van der Waals surface area contributed by atoms with Gasteiger partial charge in [0.05, 0.1) is 90.0 Å². The monoisotopic (exact) mass is 1350 g/mol. The van der Waals surface area contributed by atoms with E-state index in [1.807, 2.05) is 136 Å². The molecule has 18 nitrogen and oxygen atoms in total. The number of fused-ring (bicyclic) bond motifs is 3. The van der Waals surface area contributed by atoms with Gasteiger partial charge in [0.15, 0.2) is 0 Å². The fraction of sp³-hybridized carbons (Fsp3) is 0.360. The summed E-state index contributed by atoms with van der Waals surface area (Å²) in [5.74, 6) is 3.42. The number of nitrogens with two attached hydrogens (primary N) is 1. The highest BCUT2D eigenvalue weighted by molar-refractivity contribution is 6.61. The molecule has 3 aliphatic carbocycles.